The first-order valence-corrected chi connectivity index (χ1v) is 7.18. The molecule has 0 unspecified atom stereocenters. The second kappa shape index (κ2) is 6.93. The Kier molecular flexibility index (Phi) is 5.14. The Bertz CT molecular complexity index is 900. The molecule has 2 N–H and O–H groups in total. The lowest BCUT2D eigenvalue weighted by Gasteiger charge is -2.13. The Morgan fingerprint density at radius 2 is 1.75 bits per heavy atom. The van der Waals surface area contributed by atoms with Gasteiger partial charge in [0.25, 0.3) is 5.69 Å². The molecule has 0 aliphatic carbocycles. The molecule has 24 heavy (non-hydrogen) atoms. The Morgan fingerprint density at radius 1 is 1.04 bits per heavy atom. The lowest BCUT2D eigenvalue weighted by atomic mass is 10.0. The number of halogens is 2. The smallest absolute Gasteiger partial charge is 0.256 e. The summed E-state index contributed by atoms with van der Waals surface area (Å²) in [6, 6.07) is 12.2. The van der Waals surface area contributed by atoms with E-state index in [0.29, 0.717) is 28.1 Å². The number of methoxy groups -OCH3 is 2. The van der Waals surface area contributed by atoms with Gasteiger partial charge in [0.05, 0.1) is 19.8 Å². The van der Waals surface area contributed by atoms with Crippen LogP contribution in [0.4, 0.5) is 4.39 Å². The monoisotopic (exact) mass is 348 g/mol. The first-order chi connectivity index (χ1) is 11.1. The van der Waals surface area contributed by atoms with Crippen LogP contribution < -0.4 is 32.4 Å². The topological polar surface area (TPSA) is 48.4 Å². The van der Waals surface area contributed by atoms with Crippen molar-refractivity contribution in [2.45, 2.75) is 6.92 Å². The average molecular weight is 349 g/mol. The Morgan fingerprint density at radius 3 is 2.38 bits per heavy atom. The third kappa shape index (κ3) is 2.71. The molecule has 0 aliphatic heterocycles. The second-order valence-corrected chi connectivity index (χ2v) is 5.25. The van der Waals surface area contributed by atoms with Gasteiger partial charge in [0.2, 0.25) is 5.69 Å². The minimum absolute atomic E-state index is 0. The van der Waals surface area contributed by atoms with Crippen molar-refractivity contribution in [2.24, 2.45) is 0 Å². The minimum atomic E-state index is -0.344. The van der Waals surface area contributed by atoms with Gasteiger partial charge in [-0.2, -0.15) is 0 Å². The van der Waals surface area contributed by atoms with Crippen molar-refractivity contribution in [1.29, 1.82) is 0 Å². The third-order valence-electron chi connectivity index (χ3n) is 3.93. The maximum absolute atomic E-state index is 14.4. The summed E-state index contributed by atoms with van der Waals surface area (Å²) in [6.07, 6.45) is 0. The van der Waals surface area contributed by atoms with Crippen LogP contribution in [0, 0.1) is 12.7 Å². The van der Waals surface area contributed by atoms with Crippen molar-refractivity contribution in [1.82, 2.24) is 0 Å². The number of ether oxygens (including phenoxy) is 2. The Hall–Kier alpha value is -2.53. The summed E-state index contributed by atoms with van der Waals surface area (Å²) in [4.78, 5) is 0. The van der Waals surface area contributed by atoms with Gasteiger partial charge in [-0.3, -0.25) is 0 Å². The molecule has 0 spiro atoms. The van der Waals surface area contributed by atoms with E-state index in [2.05, 4.69) is 0 Å². The number of nitrogens with zero attached hydrogens (tertiary/aromatic N) is 1. The summed E-state index contributed by atoms with van der Waals surface area (Å²) in [5, 5.41) is 1.62. The number of aromatic nitrogens is 1. The summed E-state index contributed by atoms with van der Waals surface area (Å²) in [7, 11) is 3.13. The van der Waals surface area contributed by atoms with E-state index in [4.69, 9.17) is 15.3 Å². The number of hydrogen-bond acceptors (Lipinski definition) is 3. The summed E-state index contributed by atoms with van der Waals surface area (Å²) < 4.78 is 26.8. The zero-order chi connectivity index (χ0) is 16.6. The zero-order valence-electron chi connectivity index (χ0n) is 13.6. The van der Waals surface area contributed by atoms with Crippen molar-refractivity contribution in [3.63, 3.8) is 0 Å². The third-order valence-corrected chi connectivity index (χ3v) is 3.93. The molecule has 2 aromatic carbocycles. The molecule has 0 bridgehead atoms. The van der Waals surface area contributed by atoms with E-state index in [1.807, 2.05) is 25.1 Å². The molecule has 6 heteroatoms. The maximum Gasteiger partial charge on any atom is 0.256 e. The number of fused-ring (bicyclic) bond motifs is 1. The summed E-state index contributed by atoms with van der Waals surface area (Å²) in [5.41, 5.74) is 1.77. The van der Waals surface area contributed by atoms with Crippen LogP contribution in [0.5, 0.6) is 11.5 Å². The molecule has 0 aliphatic rings. The normalized spacial score (nSPS) is 10.3. The highest BCUT2D eigenvalue weighted by Gasteiger charge is 2.26. The number of pyridine rings is 1. The average Bonchev–Trinajstić information content (AvgIpc) is 2.56. The number of hydrogen-bond donors (Lipinski definition) is 1. The minimum Gasteiger partial charge on any atom is -1.00 e. The standard InChI is InChI=1S/C18H18FN2O2.ClH/c1-11-10-12-8-9-15(22-2)18(23-3)16(12)17(21(11)20)13-6-4-5-7-14(13)19;/h4-10H,20H2,1-3H3;1H/q+1;/p-1. The number of benzene rings is 2. The van der Waals surface area contributed by atoms with Crippen molar-refractivity contribution in [3.8, 4) is 22.8 Å². The van der Waals surface area contributed by atoms with Gasteiger partial charge < -0.3 is 21.9 Å². The molecule has 0 atom stereocenters. The van der Waals surface area contributed by atoms with E-state index in [1.165, 1.54) is 10.7 Å². The quantitative estimate of drug-likeness (QED) is 0.534. The fourth-order valence-corrected chi connectivity index (χ4v) is 2.82. The molecule has 0 radical (unpaired) electrons. The molecule has 0 saturated carbocycles. The molecule has 3 rings (SSSR count). The Balaban J connectivity index is 0.00000208. The molecule has 126 valence electrons. The van der Waals surface area contributed by atoms with Crippen molar-refractivity contribution < 1.29 is 30.9 Å². The number of aryl methyl sites for hydroxylation is 1. The van der Waals surface area contributed by atoms with Gasteiger partial charge in [-0.05, 0) is 29.7 Å². The summed E-state index contributed by atoms with van der Waals surface area (Å²) in [6.45, 7) is 1.88. The van der Waals surface area contributed by atoms with Gasteiger partial charge in [0.15, 0.2) is 11.5 Å². The van der Waals surface area contributed by atoms with Gasteiger partial charge >= 0.3 is 0 Å². The molecule has 4 nitrogen and oxygen atoms in total. The first-order valence-electron chi connectivity index (χ1n) is 7.18. The number of nitrogens with two attached hydrogens (primary N) is 1. The predicted octanol–water partition coefficient (Wildman–Crippen LogP) is -0.0232. The van der Waals surface area contributed by atoms with Crippen LogP contribution in [0.1, 0.15) is 5.69 Å². The van der Waals surface area contributed by atoms with Crippen LogP contribution in [0.2, 0.25) is 0 Å². The first kappa shape index (κ1) is 17.8. The highest BCUT2D eigenvalue weighted by Crippen LogP contribution is 2.40. The van der Waals surface area contributed by atoms with E-state index in [-0.39, 0.29) is 18.2 Å². The molecular formula is C18H18ClFN2O2. The van der Waals surface area contributed by atoms with Gasteiger partial charge in [-0.25, -0.2) is 10.2 Å². The van der Waals surface area contributed by atoms with E-state index < -0.39 is 0 Å². The largest absolute Gasteiger partial charge is 1.00 e. The molecular weight excluding hydrogens is 331 g/mol. The van der Waals surface area contributed by atoms with E-state index >= 15 is 0 Å². The number of nitrogen functional groups attached to an aromatic ring is 1. The highest BCUT2D eigenvalue weighted by atomic mass is 35.5. The van der Waals surface area contributed by atoms with E-state index in [1.54, 1.807) is 32.4 Å². The predicted molar refractivity (Wildman–Crippen MR) is 87.5 cm³/mol. The van der Waals surface area contributed by atoms with Crippen LogP contribution in [0.25, 0.3) is 22.0 Å². The van der Waals surface area contributed by atoms with Crippen LogP contribution in [-0.4, -0.2) is 14.2 Å². The van der Waals surface area contributed by atoms with Crippen molar-refractivity contribution in [3.05, 3.63) is 54.0 Å². The van der Waals surface area contributed by atoms with Crippen LogP contribution in [0.15, 0.2) is 42.5 Å². The van der Waals surface area contributed by atoms with Crippen LogP contribution in [-0.2, 0) is 0 Å². The van der Waals surface area contributed by atoms with Gasteiger partial charge in [-0.1, -0.05) is 16.8 Å². The second-order valence-electron chi connectivity index (χ2n) is 5.25. The number of rotatable bonds is 3. The Labute approximate surface area is 146 Å². The van der Waals surface area contributed by atoms with E-state index in [0.717, 1.165) is 11.1 Å². The fraction of sp³-hybridized carbons (Fsp3) is 0.167. The molecule has 1 heterocycles. The van der Waals surface area contributed by atoms with Gasteiger partial charge in [0.1, 0.15) is 11.2 Å². The van der Waals surface area contributed by atoms with Crippen LogP contribution in [0.3, 0.4) is 0 Å². The molecule has 0 amide bonds. The zero-order valence-corrected chi connectivity index (χ0v) is 14.4. The SMILES string of the molecule is COc1ccc2cc(C)[n+](N)c(-c3ccccc3F)c2c1OC.[Cl-]. The lowest BCUT2D eigenvalue weighted by Crippen LogP contribution is -3.00. The fourth-order valence-electron chi connectivity index (χ4n) is 2.82. The highest BCUT2D eigenvalue weighted by molar-refractivity contribution is 5.99. The van der Waals surface area contributed by atoms with Gasteiger partial charge in [0, 0.05) is 13.0 Å². The van der Waals surface area contributed by atoms with Crippen LogP contribution >= 0.6 is 0 Å². The molecule has 1 aromatic heterocycles. The lowest BCUT2D eigenvalue weighted by molar-refractivity contribution is -0.632. The van der Waals surface area contributed by atoms with Crippen molar-refractivity contribution >= 4 is 10.8 Å². The summed E-state index contributed by atoms with van der Waals surface area (Å²) in [5.74, 6) is 6.98. The summed E-state index contributed by atoms with van der Waals surface area (Å²) >= 11 is 0. The molecule has 0 saturated heterocycles. The van der Waals surface area contributed by atoms with E-state index in [9.17, 15) is 4.39 Å². The maximum atomic E-state index is 14.4. The molecule has 0 fully saturated rings. The van der Waals surface area contributed by atoms with Crippen molar-refractivity contribution in [2.75, 3.05) is 20.1 Å². The molecule has 3 aromatic rings. The van der Waals surface area contributed by atoms with Gasteiger partial charge in [-0.15, -0.1) is 0 Å².